The van der Waals surface area contributed by atoms with Crippen molar-refractivity contribution in [2.24, 2.45) is 0 Å². The van der Waals surface area contributed by atoms with E-state index in [2.05, 4.69) is 4.74 Å². The van der Waals surface area contributed by atoms with Crippen molar-refractivity contribution >= 4 is 12.3 Å². The average molecular weight is 217 g/mol. The van der Waals surface area contributed by atoms with Crippen LogP contribution in [0.25, 0.3) is 0 Å². The summed E-state index contributed by atoms with van der Waals surface area (Å²) in [6, 6.07) is 4.93. The molecule has 1 aromatic rings. The summed E-state index contributed by atoms with van der Waals surface area (Å²) >= 11 is 0. The second-order valence-corrected chi connectivity index (χ2v) is 3.17. The van der Waals surface area contributed by atoms with Crippen LogP contribution in [0.3, 0.4) is 0 Å². The molecule has 0 amide bonds. The lowest BCUT2D eigenvalue weighted by Crippen LogP contribution is -2.10. The summed E-state index contributed by atoms with van der Waals surface area (Å²) in [6.07, 6.45) is 1.12. The number of esters is 1. The van der Waals surface area contributed by atoms with E-state index in [0.29, 0.717) is 23.8 Å². The monoisotopic (exact) mass is 217 g/mol. The first-order valence-corrected chi connectivity index (χ1v) is 4.78. The molecule has 0 saturated heterocycles. The lowest BCUT2D eigenvalue weighted by atomic mass is 9.97. The highest BCUT2D eigenvalue weighted by Crippen LogP contribution is 2.18. The number of hydrogen-bond donors (Lipinski definition) is 0. The SMILES string of the molecule is CCc1cc(C#N)cc(C=O)c1C(=O)OC. The van der Waals surface area contributed by atoms with Gasteiger partial charge in [0.25, 0.3) is 0 Å². The number of carbonyl (C=O) groups is 2. The van der Waals surface area contributed by atoms with Gasteiger partial charge in [0.05, 0.1) is 24.3 Å². The molecule has 0 bridgehead atoms. The fourth-order valence-corrected chi connectivity index (χ4v) is 1.51. The largest absolute Gasteiger partial charge is 0.465 e. The topological polar surface area (TPSA) is 67.2 Å². The van der Waals surface area contributed by atoms with Gasteiger partial charge in [-0.3, -0.25) is 4.79 Å². The second-order valence-electron chi connectivity index (χ2n) is 3.17. The summed E-state index contributed by atoms with van der Waals surface area (Å²) in [6.45, 7) is 1.84. The number of carbonyl (C=O) groups excluding carboxylic acids is 2. The minimum atomic E-state index is -0.552. The molecule has 0 aliphatic carbocycles. The van der Waals surface area contributed by atoms with Gasteiger partial charge in [-0.2, -0.15) is 5.26 Å². The molecule has 0 saturated carbocycles. The van der Waals surface area contributed by atoms with Gasteiger partial charge in [-0.15, -0.1) is 0 Å². The van der Waals surface area contributed by atoms with Crippen molar-refractivity contribution < 1.29 is 14.3 Å². The molecule has 0 atom stereocenters. The van der Waals surface area contributed by atoms with Crippen LogP contribution >= 0.6 is 0 Å². The zero-order valence-electron chi connectivity index (χ0n) is 9.11. The third-order valence-electron chi connectivity index (χ3n) is 2.28. The van der Waals surface area contributed by atoms with Crippen LogP contribution in [0.2, 0.25) is 0 Å². The Morgan fingerprint density at radius 2 is 2.25 bits per heavy atom. The maximum atomic E-state index is 11.5. The van der Waals surface area contributed by atoms with Gasteiger partial charge in [-0.05, 0) is 24.1 Å². The average Bonchev–Trinajstić information content (AvgIpc) is 2.35. The predicted molar refractivity (Wildman–Crippen MR) is 57.3 cm³/mol. The van der Waals surface area contributed by atoms with Crippen LogP contribution in [-0.2, 0) is 11.2 Å². The summed E-state index contributed by atoms with van der Waals surface area (Å²) in [7, 11) is 1.26. The van der Waals surface area contributed by atoms with Crippen molar-refractivity contribution in [1.82, 2.24) is 0 Å². The Balaban J connectivity index is 3.50. The van der Waals surface area contributed by atoms with E-state index in [9.17, 15) is 9.59 Å². The molecule has 82 valence electrons. The van der Waals surface area contributed by atoms with Crippen LogP contribution < -0.4 is 0 Å². The molecule has 0 N–H and O–H groups in total. The summed E-state index contributed by atoms with van der Waals surface area (Å²) in [5, 5.41) is 8.78. The number of nitrogens with zero attached hydrogens (tertiary/aromatic N) is 1. The number of ether oxygens (including phenoxy) is 1. The lowest BCUT2D eigenvalue weighted by Gasteiger charge is -2.08. The third kappa shape index (κ3) is 2.09. The quantitative estimate of drug-likeness (QED) is 0.571. The fourth-order valence-electron chi connectivity index (χ4n) is 1.51. The van der Waals surface area contributed by atoms with Gasteiger partial charge < -0.3 is 4.74 Å². The van der Waals surface area contributed by atoms with E-state index in [-0.39, 0.29) is 11.1 Å². The van der Waals surface area contributed by atoms with Crippen LogP contribution in [-0.4, -0.2) is 19.4 Å². The Morgan fingerprint density at radius 3 is 2.69 bits per heavy atom. The molecule has 0 fully saturated rings. The van der Waals surface area contributed by atoms with Gasteiger partial charge in [0.1, 0.15) is 0 Å². The van der Waals surface area contributed by atoms with Crippen molar-refractivity contribution in [1.29, 1.82) is 5.26 Å². The van der Waals surface area contributed by atoms with Gasteiger partial charge in [0.15, 0.2) is 6.29 Å². The van der Waals surface area contributed by atoms with Crippen LogP contribution in [0.4, 0.5) is 0 Å². The second kappa shape index (κ2) is 5.08. The molecule has 0 heterocycles. The number of benzene rings is 1. The van der Waals surface area contributed by atoms with E-state index in [1.54, 1.807) is 6.07 Å². The van der Waals surface area contributed by atoms with Gasteiger partial charge in [-0.25, -0.2) is 4.79 Å². The fraction of sp³-hybridized carbons (Fsp3) is 0.250. The summed E-state index contributed by atoms with van der Waals surface area (Å²) in [5.41, 5.74) is 1.46. The van der Waals surface area contributed by atoms with E-state index in [1.165, 1.54) is 13.2 Å². The molecular weight excluding hydrogens is 206 g/mol. The third-order valence-corrected chi connectivity index (χ3v) is 2.28. The highest BCUT2D eigenvalue weighted by molar-refractivity contribution is 6.00. The summed E-state index contributed by atoms with van der Waals surface area (Å²) in [4.78, 5) is 22.4. The molecule has 0 unspecified atom stereocenters. The van der Waals surface area contributed by atoms with Gasteiger partial charge >= 0.3 is 5.97 Å². The maximum absolute atomic E-state index is 11.5. The maximum Gasteiger partial charge on any atom is 0.338 e. The van der Waals surface area contributed by atoms with Gasteiger partial charge in [0, 0.05) is 5.56 Å². The first-order valence-electron chi connectivity index (χ1n) is 4.78. The normalized spacial score (nSPS) is 9.31. The molecular formula is C12H11NO3. The Hall–Kier alpha value is -2.15. The Morgan fingerprint density at radius 1 is 1.56 bits per heavy atom. The first-order chi connectivity index (χ1) is 7.67. The summed E-state index contributed by atoms with van der Waals surface area (Å²) in [5.74, 6) is -0.552. The smallest absolute Gasteiger partial charge is 0.338 e. The number of rotatable bonds is 3. The highest BCUT2D eigenvalue weighted by Gasteiger charge is 2.17. The van der Waals surface area contributed by atoms with Crippen LogP contribution in [0.1, 0.15) is 38.8 Å². The lowest BCUT2D eigenvalue weighted by molar-refractivity contribution is 0.0597. The van der Waals surface area contributed by atoms with Crippen molar-refractivity contribution in [3.63, 3.8) is 0 Å². The standard InChI is InChI=1S/C12H11NO3/c1-3-9-4-8(6-13)5-10(7-14)11(9)12(15)16-2/h4-5,7H,3H2,1-2H3. The van der Waals surface area contributed by atoms with Crippen molar-refractivity contribution in [2.75, 3.05) is 7.11 Å². The number of aldehydes is 1. The van der Waals surface area contributed by atoms with Gasteiger partial charge in [0.2, 0.25) is 0 Å². The van der Waals surface area contributed by atoms with Gasteiger partial charge in [-0.1, -0.05) is 6.92 Å². The Kier molecular flexibility index (Phi) is 3.78. The molecule has 4 nitrogen and oxygen atoms in total. The predicted octanol–water partition coefficient (Wildman–Crippen LogP) is 1.72. The minimum absolute atomic E-state index is 0.197. The van der Waals surface area contributed by atoms with Crippen LogP contribution in [0, 0.1) is 11.3 Å². The Bertz CT molecular complexity index is 472. The molecule has 0 radical (unpaired) electrons. The van der Waals surface area contributed by atoms with Crippen LogP contribution in [0.15, 0.2) is 12.1 Å². The van der Waals surface area contributed by atoms with E-state index in [1.807, 2.05) is 13.0 Å². The summed E-state index contributed by atoms with van der Waals surface area (Å²) < 4.78 is 4.61. The van der Waals surface area contributed by atoms with Crippen molar-refractivity contribution in [2.45, 2.75) is 13.3 Å². The van der Waals surface area contributed by atoms with E-state index in [4.69, 9.17) is 5.26 Å². The highest BCUT2D eigenvalue weighted by atomic mass is 16.5. The Labute approximate surface area is 93.5 Å². The first kappa shape index (κ1) is 11.9. The van der Waals surface area contributed by atoms with E-state index >= 15 is 0 Å². The zero-order chi connectivity index (χ0) is 12.1. The molecule has 4 heteroatoms. The zero-order valence-corrected chi connectivity index (χ0v) is 9.11. The number of hydrogen-bond acceptors (Lipinski definition) is 4. The molecule has 0 aromatic heterocycles. The van der Waals surface area contributed by atoms with Crippen LogP contribution in [0.5, 0.6) is 0 Å². The number of aryl methyl sites for hydroxylation is 1. The molecule has 1 aromatic carbocycles. The van der Waals surface area contributed by atoms with E-state index in [0.717, 1.165) is 0 Å². The number of nitriles is 1. The molecule has 16 heavy (non-hydrogen) atoms. The number of methoxy groups -OCH3 is 1. The van der Waals surface area contributed by atoms with Crippen molar-refractivity contribution in [3.8, 4) is 6.07 Å². The molecule has 0 aliphatic heterocycles. The molecule has 0 aliphatic rings. The van der Waals surface area contributed by atoms with E-state index < -0.39 is 5.97 Å². The molecule has 1 rings (SSSR count). The minimum Gasteiger partial charge on any atom is -0.465 e. The molecule has 0 spiro atoms. The van der Waals surface area contributed by atoms with Crippen molar-refractivity contribution in [3.05, 3.63) is 34.4 Å².